The first-order chi connectivity index (χ1) is 19.4. The van der Waals surface area contributed by atoms with E-state index in [0.717, 1.165) is 38.7 Å². The van der Waals surface area contributed by atoms with Gasteiger partial charge in [0.15, 0.2) is 0 Å². The summed E-state index contributed by atoms with van der Waals surface area (Å²) in [6, 6.07) is 47.3. The Kier molecular flexibility index (Phi) is 4.05. The maximum atomic E-state index is 6.79. The van der Waals surface area contributed by atoms with Gasteiger partial charge in [-0.1, -0.05) is 91.0 Å². The molecule has 3 nitrogen and oxygen atoms in total. The van der Waals surface area contributed by atoms with Gasteiger partial charge in [0.1, 0.15) is 11.2 Å². The van der Waals surface area contributed by atoms with E-state index in [-0.39, 0.29) is 0 Å². The van der Waals surface area contributed by atoms with Gasteiger partial charge in [0.2, 0.25) is 0 Å². The number of furan rings is 1. The summed E-state index contributed by atoms with van der Waals surface area (Å²) < 4.78 is 11.6. The zero-order valence-corrected chi connectivity index (χ0v) is 21.0. The van der Waals surface area contributed by atoms with Gasteiger partial charge in [0, 0.05) is 32.9 Å². The van der Waals surface area contributed by atoms with Crippen LogP contribution in [0.4, 0.5) is 0 Å². The molecule has 0 saturated carbocycles. The van der Waals surface area contributed by atoms with Gasteiger partial charge in [-0.15, -0.1) is 0 Å². The molecule has 9 aromatic rings. The van der Waals surface area contributed by atoms with Crippen molar-refractivity contribution in [1.29, 1.82) is 0 Å². The van der Waals surface area contributed by atoms with Gasteiger partial charge in [-0.25, -0.2) is 0 Å². The number of rotatable bonds is 2. The van der Waals surface area contributed by atoms with Gasteiger partial charge < -0.3 is 13.6 Å². The Hall–Kier alpha value is -5.28. The first kappa shape index (κ1) is 20.7. The van der Waals surface area contributed by atoms with Crippen molar-refractivity contribution in [2.45, 2.75) is 0 Å². The van der Waals surface area contributed by atoms with E-state index in [4.69, 9.17) is 4.42 Å². The van der Waals surface area contributed by atoms with Crippen LogP contribution in [-0.4, -0.2) is 9.13 Å². The highest BCUT2D eigenvalue weighted by atomic mass is 16.3. The molecule has 0 saturated heterocycles. The first-order valence-corrected chi connectivity index (χ1v) is 13.3. The van der Waals surface area contributed by atoms with E-state index in [1.54, 1.807) is 0 Å². The summed E-state index contributed by atoms with van der Waals surface area (Å²) in [5.41, 5.74) is 8.82. The van der Waals surface area contributed by atoms with Crippen LogP contribution >= 0.6 is 0 Å². The number of para-hydroxylation sites is 5. The second-order valence-corrected chi connectivity index (χ2v) is 10.1. The molecule has 3 heteroatoms. The summed E-state index contributed by atoms with van der Waals surface area (Å²) in [6.45, 7) is 0. The van der Waals surface area contributed by atoms with Crippen molar-refractivity contribution in [2.75, 3.05) is 0 Å². The highest BCUT2D eigenvalue weighted by molar-refractivity contribution is 6.39. The quantitative estimate of drug-likeness (QED) is 0.233. The Morgan fingerprint density at radius 1 is 0.385 bits per heavy atom. The van der Waals surface area contributed by atoms with E-state index >= 15 is 0 Å². The van der Waals surface area contributed by atoms with Crippen LogP contribution in [0, 0.1) is 0 Å². The fraction of sp³-hybridized carbons (Fsp3) is 0. The largest absolute Gasteiger partial charge is 0.455 e. The summed E-state index contributed by atoms with van der Waals surface area (Å²) in [5, 5.41) is 7.11. The molecular formula is C36H22N2O. The SMILES string of the molecule is c1ccc(-n2c3ccccc3c3c4oc5ccccc5c4c4c(c5ccccc5n4-c4ccccc4)c32)cc1. The van der Waals surface area contributed by atoms with Crippen LogP contribution in [0.3, 0.4) is 0 Å². The Balaban J connectivity index is 1.70. The number of benzene rings is 6. The maximum absolute atomic E-state index is 6.79. The highest BCUT2D eigenvalue weighted by Gasteiger charge is 2.27. The molecule has 3 aromatic heterocycles. The van der Waals surface area contributed by atoms with E-state index in [1.165, 1.54) is 38.2 Å². The van der Waals surface area contributed by atoms with Crippen molar-refractivity contribution < 1.29 is 4.42 Å². The van der Waals surface area contributed by atoms with Crippen LogP contribution in [0.15, 0.2) is 138 Å². The Bertz CT molecular complexity index is 2300. The zero-order chi connectivity index (χ0) is 25.5. The van der Waals surface area contributed by atoms with Gasteiger partial charge in [-0.2, -0.15) is 0 Å². The molecule has 0 spiro atoms. The second-order valence-electron chi connectivity index (χ2n) is 10.1. The standard InChI is InChI=1S/C36H22N2O/c1-3-13-23(14-4-1)37-28-20-10-7-17-25(28)31-34-32(36-33(35(31)37)27-19-9-12-22-30(27)39-36)26-18-8-11-21-29(26)38(34)24-15-5-2-6-16-24/h1-22H. The van der Waals surface area contributed by atoms with Gasteiger partial charge in [-0.05, 0) is 42.5 Å². The average Bonchev–Trinajstić information content (AvgIpc) is 3.66. The maximum Gasteiger partial charge on any atom is 0.147 e. The van der Waals surface area contributed by atoms with Gasteiger partial charge in [0.05, 0.1) is 32.8 Å². The van der Waals surface area contributed by atoms with Crippen molar-refractivity contribution in [1.82, 2.24) is 9.13 Å². The molecule has 6 aromatic carbocycles. The topological polar surface area (TPSA) is 23.0 Å². The van der Waals surface area contributed by atoms with E-state index in [1.807, 2.05) is 0 Å². The molecule has 0 aliphatic heterocycles. The van der Waals surface area contributed by atoms with E-state index in [0.29, 0.717) is 0 Å². The molecular weight excluding hydrogens is 476 g/mol. The fourth-order valence-corrected chi connectivity index (χ4v) is 6.57. The molecule has 39 heavy (non-hydrogen) atoms. The van der Waals surface area contributed by atoms with Crippen molar-refractivity contribution >= 4 is 65.6 Å². The van der Waals surface area contributed by atoms with E-state index in [2.05, 4.69) is 143 Å². The summed E-state index contributed by atoms with van der Waals surface area (Å²) in [7, 11) is 0. The Morgan fingerprint density at radius 2 is 0.821 bits per heavy atom. The zero-order valence-electron chi connectivity index (χ0n) is 21.0. The summed E-state index contributed by atoms with van der Waals surface area (Å²) >= 11 is 0. The molecule has 0 N–H and O–H groups in total. The molecule has 0 aliphatic carbocycles. The molecule has 0 unspecified atom stereocenters. The molecule has 0 aliphatic rings. The molecule has 182 valence electrons. The van der Waals surface area contributed by atoms with Crippen LogP contribution in [0.25, 0.3) is 76.9 Å². The smallest absolute Gasteiger partial charge is 0.147 e. The summed E-state index contributed by atoms with van der Waals surface area (Å²) in [4.78, 5) is 0. The van der Waals surface area contributed by atoms with Gasteiger partial charge >= 0.3 is 0 Å². The van der Waals surface area contributed by atoms with Crippen LogP contribution in [0.5, 0.6) is 0 Å². The van der Waals surface area contributed by atoms with E-state index in [9.17, 15) is 0 Å². The third-order valence-electron chi connectivity index (χ3n) is 8.07. The molecule has 0 amide bonds. The third-order valence-corrected chi connectivity index (χ3v) is 8.07. The number of fused-ring (bicyclic) bond motifs is 12. The molecule has 9 rings (SSSR count). The Labute approximate surface area is 223 Å². The monoisotopic (exact) mass is 498 g/mol. The summed E-state index contributed by atoms with van der Waals surface area (Å²) in [5.74, 6) is 0. The van der Waals surface area contributed by atoms with Gasteiger partial charge in [-0.3, -0.25) is 0 Å². The third kappa shape index (κ3) is 2.66. The highest BCUT2D eigenvalue weighted by Crippen LogP contribution is 2.49. The second kappa shape index (κ2) is 7.62. The predicted molar refractivity (Wildman–Crippen MR) is 162 cm³/mol. The van der Waals surface area contributed by atoms with Crippen LogP contribution in [0.2, 0.25) is 0 Å². The predicted octanol–water partition coefficient (Wildman–Crippen LogP) is 9.78. The van der Waals surface area contributed by atoms with Crippen molar-refractivity contribution in [2.24, 2.45) is 0 Å². The number of aromatic nitrogens is 2. The Morgan fingerprint density at radius 3 is 1.41 bits per heavy atom. The van der Waals surface area contributed by atoms with Gasteiger partial charge in [0.25, 0.3) is 0 Å². The van der Waals surface area contributed by atoms with Crippen LogP contribution in [0.1, 0.15) is 0 Å². The van der Waals surface area contributed by atoms with Crippen LogP contribution in [-0.2, 0) is 0 Å². The van der Waals surface area contributed by atoms with E-state index < -0.39 is 0 Å². The minimum Gasteiger partial charge on any atom is -0.455 e. The first-order valence-electron chi connectivity index (χ1n) is 13.3. The van der Waals surface area contributed by atoms with Crippen molar-refractivity contribution in [3.63, 3.8) is 0 Å². The molecule has 0 atom stereocenters. The minimum absolute atomic E-state index is 0.905. The summed E-state index contributed by atoms with van der Waals surface area (Å²) in [6.07, 6.45) is 0. The van der Waals surface area contributed by atoms with Crippen LogP contribution < -0.4 is 0 Å². The molecule has 0 radical (unpaired) electrons. The number of hydrogen-bond donors (Lipinski definition) is 0. The normalized spacial score (nSPS) is 12.1. The lowest BCUT2D eigenvalue weighted by atomic mass is 10.0. The number of nitrogens with zero attached hydrogens (tertiary/aromatic N) is 2. The van der Waals surface area contributed by atoms with Crippen molar-refractivity contribution in [3.8, 4) is 11.4 Å². The molecule has 0 fully saturated rings. The minimum atomic E-state index is 0.905. The number of hydrogen-bond acceptors (Lipinski definition) is 1. The lowest BCUT2D eigenvalue weighted by molar-refractivity contribution is 0.673. The average molecular weight is 499 g/mol. The molecule has 0 bridgehead atoms. The fourth-order valence-electron chi connectivity index (χ4n) is 6.57. The lowest BCUT2D eigenvalue weighted by Crippen LogP contribution is -1.95. The lowest BCUT2D eigenvalue weighted by Gasteiger charge is -2.11. The van der Waals surface area contributed by atoms with Crippen molar-refractivity contribution in [3.05, 3.63) is 133 Å². The molecule has 3 heterocycles.